The van der Waals surface area contributed by atoms with Crippen LogP contribution < -0.4 is 10.1 Å². The van der Waals surface area contributed by atoms with Crippen LogP contribution >= 0.6 is 0 Å². The molecule has 0 saturated heterocycles. The summed E-state index contributed by atoms with van der Waals surface area (Å²) < 4.78 is 6.06. The minimum atomic E-state index is -0.581. The molecule has 1 aromatic rings. The van der Waals surface area contributed by atoms with E-state index in [1.54, 1.807) is 0 Å². The summed E-state index contributed by atoms with van der Waals surface area (Å²) in [5, 5.41) is 16.9. The van der Waals surface area contributed by atoms with Gasteiger partial charge in [0.05, 0.1) is 18.6 Å². The highest BCUT2D eigenvalue weighted by Gasteiger charge is 2.20. The van der Waals surface area contributed by atoms with Gasteiger partial charge in [0.15, 0.2) is 0 Å². The minimum Gasteiger partial charge on any atom is -0.475 e. The first-order chi connectivity index (χ1) is 7.58. The molecule has 16 heavy (non-hydrogen) atoms. The number of aromatic nitrogens is 2. The highest BCUT2D eigenvalue weighted by molar-refractivity contribution is 5.75. The summed E-state index contributed by atoms with van der Waals surface area (Å²) in [6.45, 7) is 0.268. The zero-order chi connectivity index (χ0) is 12.1. The van der Waals surface area contributed by atoms with Crippen LogP contribution in [0.5, 0.6) is 5.88 Å². The Kier molecular flexibility index (Phi) is 3.81. The van der Waals surface area contributed by atoms with Crippen molar-refractivity contribution in [2.75, 3.05) is 14.2 Å². The van der Waals surface area contributed by atoms with Crippen molar-refractivity contribution in [3.05, 3.63) is 16.3 Å². The van der Waals surface area contributed by atoms with Gasteiger partial charge in [0.1, 0.15) is 6.20 Å². The van der Waals surface area contributed by atoms with E-state index in [9.17, 15) is 14.9 Å². The number of carbonyl (C=O) groups is 1. The number of ether oxygens (including phenoxy) is 1. The first-order valence-electron chi connectivity index (χ1n) is 4.55. The third-order valence-electron chi connectivity index (χ3n) is 1.95. The van der Waals surface area contributed by atoms with Crippen LogP contribution in [0.25, 0.3) is 0 Å². The number of rotatable bonds is 5. The van der Waals surface area contributed by atoms with Crippen molar-refractivity contribution in [2.24, 2.45) is 0 Å². The lowest BCUT2D eigenvalue weighted by atomic mass is 10.4. The number of nitrogens with zero attached hydrogens (tertiary/aromatic N) is 3. The number of hydrogen-bond donors (Lipinski definition) is 1. The van der Waals surface area contributed by atoms with Crippen molar-refractivity contribution in [3.8, 4) is 5.88 Å². The number of hydrogen-bond acceptors (Lipinski definition) is 5. The molecule has 8 heteroatoms. The zero-order valence-corrected chi connectivity index (χ0v) is 8.97. The van der Waals surface area contributed by atoms with E-state index in [1.807, 2.05) is 0 Å². The SMILES string of the molecule is CNC(=O)CCn1cc([N+](=O)[O-])c(OC)n1. The molecule has 0 bridgehead atoms. The van der Waals surface area contributed by atoms with Crippen LogP contribution in [-0.4, -0.2) is 34.8 Å². The van der Waals surface area contributed by atoms with Gasteiger partial charge in [-0.3, -0.25) is 19.6 Å². The Morgan fingerprint density at radius 1 is 1.75 bits per heavy atom. The third kappa shape index (κ3) is 2.69. The quantitative estimate of drug-likeness (QED) is 0.562. The summed E-state index contributed by atoms with van der Waals surface area (Å²) in [5.74, 6) is -0.209. The number of methoxy groups -OCH3 is 1. The van der Waals surface area contributed by atoms with Crippen LogP contribution in [0.15, 0.2) is 6.20 Å². The highest BCUT2D eigenvalue weighted by Crippen LogP contribution is 2.23. The molecule has 0 fully saturated rings. The van der Waals surface area contributed by atoms with E-state index in [0.717, 1.165) is 0 Å². The lowest BCUT2D eigenvalue weighted by molar-refractivity contribution is -0.385. The second kappa shape index (κ2) is 5.10. The second-order valence-electron chi connectivity index (χ2n) is 2.97. The molecule has 0 spiro atoms. The smallest absolute Gasteiger partial charge is 0.350 e. The largest absolute Gasteiger partial charge is 0.475 e. The van der Waals surface area contributed by atoms with Crippen molar-refractivity contribution in [1.29, 1.82) is 0 Å². The predicted octanol–water partition coefficient (Wildman–Crippen LogP) is -0.0640. The van der Waals surface area contributed by atoms with Gasteiger partial charge in [-0.1, -0.05) is 0 Å². The zero-order valence-electron chi connectivity index (χ0n) is 8.97. The lowest BCUT2D eigenvalue weighted by Gasteiger charge is -1.99. The molecule has 0 unspecified atom stereocenters. The van der Waals surface area contributed by atoms with E-state index >= 15 is 0 Å². The monoisotopic (exact) mass is 228 g/mol. The topological polar surface area (TPSA) is 99.3 Å². The van der Waals surface area contributed by atoms with E-state index in [4.69, 9.17) is 4.74 Å². The van der Waals surface area contributed by atoms with Crippen molar-refractivity contribution in [2.45, 2.75) is 13.0 Å². The van der Waals surface area contributed by atoms with Gasteiger partial charge in [-0.2, -0.15) is 0 Å². The van der Waals surface area contributed by atoms with E-state index in [-0.39, 0.29) is 30.4 Å². The number of nitrogens with one attached hydrogen (secondary N) is 1. The van der Waals surface area contributed by atoms with Crippen LogP contribution in [0.1, 0.15) is 6.42 Å². The number of carbonyl (C=O) groups excluding carboxylic acids is 1. The molecule has 1 rings (SSSR count). The van der Waals surface area contributed by atoms with Gasteiger partial charge in [-0.25, -0.2) is 0 Å². The van der Waals surface area contributed by atoms with E-state index < -0.39 is 4.92 Å². The third-order valence-corrected chi connectivity index (χ3v) is 1.95. The van der Waals surface area contributed by atoms with Gasteiger partial charge in [0.2, 0.25) is 5.91 Å². The van der Waals surface area contributed by atoms with Crippen molar-refractivity contribution >= 4 is 11.6 Å². The summed E-state index contributed by atoms with van der Waals surface area (Å²) in [5.41, 5.74) is -0.209. The molecule has 0 aliphatic heterocycles. The second-order valence-corrected chi connectivity index (χ2v) is 2.97. The van der Waals surface area contributed by atoms with Crippen LogP contribution in [0.3, 0.4) is 0 Å². The summed E-state index contributed by atoms with van der Waals surface area (Å²) in [6, 6.07) is 0. The number of aryl methyl sites for hydroxylation is 1. The van der Waals surface area contributed by atoms with Crippen molar-refractivity contribution in [1.82, 2.24) is 15.1 Å². The van der Waals surface area contributed by atoms with Gasteiger partial charge in [-0.15, -0.1) is 5.10 Å². The summed E-state index contributed by atoms with van der Waals surface area (Å²) in [6.07, 6.45) is 1.44. The number of amides is 1. The van der Waals surface area contributed by atoms with Crippen molar-refractivity contribution < 1.29 is 14.5 Å². The summed E-state index contributed by atoms with van der Waals surface area (Å²) in [7, 11) is 2.83. The minimum absolute atomic E-state index is 0.0538. The molecule has 0 aliphatic rings. The van der Waals surface area contributed by atoms with Crippen LogP contribution in [0, 0.1) is 10.1 Å². The van der Waals surface area contributed by atoms with Crippen LogP contribution in [-0.2, 0) is 11.3 Å². The fourth-order valence-corrected chi connectivity index (χ4v) is 1.12. The Morgan fingerprint density at radius 3 is 2.88 bits per heavy atom. The Hall–Kier alpha value is -2.12. The molecule has 1 heterocycles. The van der Waals surface area contributed by atoms with Gasteiger partial charge in [0.25, 0.3) is 0 Å². The Bertz CT molecular complexity index is 401. The first kappa shape index (κ1) is 12.0. The molecule has 0 aromatic carbocycles. The van der Waals surface area contributed by atoms with E-state index in [2.05, 4.69) is 10.4 Å². The molecule has 88 valence electrons. The molecule has 8 nitrogen and oxygen atoms in total. The fourth-order valence-electron chi connectivity index (χ4n) is 1.12. The molecule has 0 radical (unpaired) electrons. The lowest BCUT2D eigenvalue weighted by Crippen LogP contribution is -2.19. The molecule has 1 N–H and O–H groups in total. The maximum Gasteiger partial charge on any atom is 0.350 e. The maximum absolute atomic E-state index is 11.0. The van der Waals surface area contributed by atoms with Gasteiger partial charge < -0.3 is 10.1 Å². The molecular weight excluding hydrogens is 216 g/mol. The standard InChI is InChI=1S/C8H12N4O4/c1-9-7(13)3-4-11-5-6(12(14)15)8(10-11)16-2/h5H,3-4H2,1-2H3,(H,9,13). The molecule has 0 atom stereocenters. The van der Waals surface area contributed by atoms with E-state index in [0.29, 0.717) is 0 Å². The van der Waals surface area contributed by atoms with Crippen LogP contribution in [0.4, 0.5) is 5.69 Å². The Morgan fingerprint density at radius 2 is 2.44 bits per heavy atom. The average molecular weight is 228 g/mol. The fraction of sp³-hybridized carbons (Fsp3) is 0.500. The van der Waals surface area contributed by atoms with Crippen molar-refractivity contribution in [3.63, 3.8) is 0 Å². The predicted molar refractivity (Wildman–Crippen MR) is 54.1 cm³/mol. The molecule has 0 aliphatic carbocycles. The number of nitro groups is 1. The Balaban J connectivity index is 2.75. The maximum atomic E-state index is 11.0. The molecule has 0 saturated carbocycles. The normalized spacial score (nSPS) is 9.88. The average Bonchev–Trinajstić information content (AvgIpc) is 2.69. The molecular formula is C8H12N4O4. The first-order valence-corrected chi connectivity index (χ1v) is 4.55. The Labute approximate surface area is 91.3 Å². The highest BCUT2D eigenvalue weighted by atomic mass is 16.6. The van der Waals surface area contributed by atoms with Gasteiger partial charge in [0, 0.05) is 13.5 Å². The van der Waals surface area contributed by atoms with Crippen LogP contribution in [0.2, 0.25) is 0 Å². The molecule has 1 aromatic heterocycles. The summed E-state index contributed by atoms with van der Waals surface area (Å²) >= 11 is 0. The van der Waals surface area contributed by atoms with E-state index in [1.165, 1.54) is 25.0 Å². The van der Waals surface area contributed by atoms with Gasteiger partial charge in [-0.05, 0) is 0 Å². The summed E-state index contributed by atoms with van der Waals surface area (Å²) in [4.78, 5) is 21.0. The van der Waals surface area contributed by atoms with Gasteiger partial charge >= 0.3 is 11.6 Å². The molecule has 1 amide bonds.